The van der Waals surface area contributed by atoms with Crippen molar-refractivity contribution in [1.29, 1.82) is 0 Å². The average Bonchev–Trinajstić information content (AvgIpc) is 1.81. The third kappa shape index (κ3) is 3.96. The molecule has 0 heterocycles. The Morgan fingerprint density at radius 2 is 3.00 bits per heavy atom. The van der Waals surface area contributed by atoms with E-state index in [1.165, 1.54) is 0 Å². The lowest BCUT2D eigenvalue weighted by molar-refractivity contribution is 0.596. The van der Waals surface area contributed by atoms with Crippen LogP contribution in [-0.4, -0.2) is 6.50 Å². The van der Waals surface area contributed by atoms with Gasteiger partial charge < -0.3 is 5.73 Å². The zero-order valence-corrected chi connectivity index (χ0v) is 3.58. The van der Waals surface area contributed by atoms with Gasteiger partial charge in [-0.15, -0.1) is 0 Å². The third-order valence-electron chi connectivity index (χ3n) is 0.260. The maximum absolute atomic E-state index is 7.38. The lowest BCUT2D eigenvalue weighted by Gasteiger charge is -1.96. The Bertz CT molecular complexity index is 187. The van der Waals surface area contributed by atoms with Gasteiger partial charge in [-0.25, -0.2) is 0 Å². The molecule has 6 heavy (non-hydrogen) atoms. The quantitative estimate of drug-likeness (QED) is 0.544. The fourth-order valence-corrected chi connectivity index (χ4v) is 0.108. The second-order valence-corrected chi connectivity index (χ2v) is 0.894. The van der Waals surface area contributed by atoms with E-state index in [1.54, 1.807) is 0 Å². The summed E-state index contributed by atoms with van der Waals surface area (Å²) in [6.07, 6.45) is -2.97. The predicted octanol–water partition coefficient (Wildman–Crippen LogP) is 0.991. The maximum atomic E-state index is 7.38. The highest BCUT2D eigenvalue weighted by Gasteiger charge is 1.85. The van der Waals surface area contributed by atoms with Gasteiger partial charge >= 0.3 is 0 Å². The van der Waals surface area contributed by atoms with E-state index in [2.05, 4.69) is 0 Å². The van der Waals surface area contributed by atoms with Crippen molar-refractivity contribution < 1.29 is 11.0 Å². The predicted molar refractivity (Wildman–Crippen MR) is 28.5 cm³/mol. The van der Waals surface area contributed by atoms with E-state index in [0.717, 1.165) is 6.92 Å². The molecule has 0 aliphatic heterocycles. The van der Waals surface area contributed by atoms with Gasteiger partial charge in [0.2, 0.25) is 0 Å². The van der Waals surface area contributed by atoms with E-state index in [0.29, 0.717) is 0 Å². The molecule has 0 aliphatic rings. The molecule has 0 saturated carbocycles. The summed E-state index contributed by atoms with van der Waals surface area (Å²) in [5.41, 5.74) is 4.88. The molecule has 1 atom stereocenters. The van der Waals surface area contributed by atoms with Crippen molar-refractivity contribution in [1.82, 2.24) is 0 Å². The summed E-state index contributed by atoms with van der Waals surface area (Å²) in [6, 6.07) is 0. The topological polar surface area (TPSA) is 26.0 Å². The van der Waals surface area contributed by atoms with Gasteiger partial charge in [-0.2, -0.15) is 0 Å². The van der Waals surface area contributed by atoms with Gasteiger partial charge in [-0.05, 0) is 18.8 Å². The molecule has 0 spiro atoms. The molecule has 38 valence electrons. The van der Waals surface area contributed by atoms with Gasteiger partial charge in [0.05, 0.1) is 0 Å². The minimum Gasteiger partial charge on any atom is -0.330 e. The molecule has 0 aromatic rings. The third-order valence-corrected chi connectivity index (χ3v) is 0.260. The van der Waals surface area contributed by atoms with Crippen LogP contribution in [0, 0.1) is 5.89 Å². The van der Waals surface area contributed by atoms with E-state index >= 15 is 0 Å². The smallest absolute Gasteiger partial charge is 0.0426 e. The van der Waals surface area contributed by atoms with E-state index in [1.807, 2.05) is 0 Å². The first kappa shape index (κ1) is 0.873. The zero-order valence-electron chi connectivity index (χ0n) is 11.6. The summed E-state index contributed by atoms with van der Waals surface area (Å²) in [5.74, 6) is -2.60. The summed E-state index contributed by atoms with van der Waals surface area (Å²) in [5, 5.41) is 0. The second-order valence-electron chi connectivity index (χ2n) is 0.894. The minimum atomic E-state index is -2.97. The summed E-state index contributed by atoms with van der Waals surface area (Å²) in [4.78, 5) is 0. The Kier molecular flexibility index (Phi) is 0.460. The molecule has 0 amide bonds. The van der Waals surface area contributed by atoms with Crippen molar-refractivity contribution in [3.8, 4) is 0 Å². The van der Waals surface area contributed by atoms with E-state index in [-0.39, 0.29) is 0 Å². The molecular weight excluding hydrogens is 74.1 g/mol. The van der Waals surface area contributed by atoms with Crippen LogP contribution in [-0.2, 0) is 0 Å². The normalized spacial score (nSPS) is 46.3. The molecule has 0 aliphatic carbocycles. The highest BCUT2D eigenvalue weighted by Crippen LogP contribution is 1.93. The Balaban J connectivity index is 5.30. The molecule has 1 nitrogen and oxygen atoms in total. The van der Waals surface area contributed by atoms with Crippen LogP contribution in [0.25, 0.3) is 0 Å². The molecule has 0 saturated heterocycles. The molecular formula is C5H13N. The number of nitrogens with two attached hydrogens (primary N) is 1. The van der Waals surface area contributed by atoms with Crippen LogP contribution in [0.2, 0.25) is 0 Å². The average molecular weight is 95.2 g/mol. The van der Waals surface area contributed by atoms with Gasteiger partial charge in [0.15, 0.2) is 0 Å². The van der Waals surface area contributed by atoms with Crippen LogP contribution in [0.5, 0.6) is 0 Å². The molecule has 0 rings (SSSR count). The largest absolute Gasteiger partial charge is 0.330 e. The molecule has 0 aromatic heterocycles. The Hall–Kier alpha value is -0.0400. The molecule has 0 fully saturated rings. The van der Waals surface area contributed by atoms with E-state index < -0.39 is 25.6 Å². The van der Waals surface area contributed by atoms with Gasteiger partial charge in [-0.1, -0.05) is 13.8 Å². The van der Waals surface area contributed by atoms with Crippen molar-refractivity contribution in [2.45, 2.75) is 20.1 Å². The summed E-state index contributed by atoms with van der Waals surface area (Å²) in [6.45, 7) is -5.01. The summed E-state index contributed by atoms with van der Waals surface area (Å²) >= 11 is 0. The fourth-order valence-electron chi connectivity index (χ4n) is 0.108. The highest BCUT2D eigenvalue weighted by atomic mass is 14.5. The first-order chi connectivity index (χ1) is 5.75. The van der Waals surface area contributed by atoms with Crippen LogP contribution in [0.15, 0.2) is 0 Å². The van der Waals surface area contributed by atoms with Gasteiger partial charge in [0, 0.05) is 11.0 Å². The zero-order chi connectivity index (χ0) is 12.0. The lowest BCUT2D eigenvalue weighted by atomic mass is 10.1. The van der Waals surface area contributed by atoms with Gasteiger partial charge in [-0.3, -0.25) is 0 Å². The first-order valence-electron chi connectivity index (χ1n) is 5.54. The lowest BCUT2D eigenvalue weighted by Crippen LogP contribution is -2.01. The highest BCUT2D eigenvalue weighted by molar-refractivity contribution is 4.42. The maximum Gasteiger partial charge on any atom is 0.0426 e. The Labute approximate surface area is 50.8 Å². The standard InChI is InChI=1S/C5H13N/c1-5(2)3-4-6/h5H,3-4,6H2,1-2H3/i1D3,3D2,4D2,5D. The minimum absolute atomic E-state index is 0.810. The van der Waals surface area contributed by atoms with Crippen LogP contribution in [0.3, 0.4) is 0 Å². The summed E-state index contributed by atoms with van der Waals surface area (Å²) < 4.78 is 56.7. The van der Waals surface area contributed by atoms with Crippen LogP contribution < -0.4 is 5.73 Å². The van der Waals surface area contributed by atoms with E-state index in [9.17, 15) is 0 Å². The molecule has 0 radical (unpaired) electrons. The van der Waals surface area contributed by atoms with Crippen LogP contribution in [0.4, 0.5) is 0 Å². The molecule has 0 aromatic carbocycles. The number of hydrogen-bond donors (Lipinski definition) is 1. The van der Waals surface area contributed by atoms with Crippen LogP contribution in [0.1, 0.15) is 31.1 Å². The Morgan fingerprint density at radius 1 is 2.33 bits per heavy atom. The molecule has 1 unspecified atom stereocenters. The van der Waals surface area contributed by atoms with Gasteiger partial charge in [0.25, 0.3) is 0 Å². The first-order valence-corrected chi connectivity index (χ1v) is 1.54. The molecule has 0 bridgehead atoms. The fraction of sp³-hybridized carbons (Fsp3) is 1.00. The van der Waals surface area contributed by atoms with Gasteiger partial charge in [0.1, 0.15) is 0 Å². The van der Waals surface area contributed by atoms with Crippen molar-refractivity contribution >= 4 is 0 Å². The second kappa shape index (κ2) is 3.16. The Morgan fingerprint density at radius 3 is 3.17 bits per heavy atom. The summed E-state index contributed by atoms with van der Waals surface area (Å²) in [7, 11) is 0. The van der Waals surface area contributed by atoms with E-state index in [4.69, 9.17) is 16.7 Å². The molecule has 2 N–H and O–H groups in total. The van der Waals surface area contributed by atoms with Crippen molar-refractivity contribution in [3.05, 3.63) is 0 Å². The number of hydrogen-bond acceptors (Lipinski definition) is 1. The molecule has 1 heteroatoms. The number of rotatable bonds is 2. The van der Waals surface area contributed by atoms with Crippen molar-refractivity contribution in [2.75, 3.05) is 6.50 Å². The monoisotopic (exact) mass is 95.2 g/mol. The van der Waals surface area contributed by atoms with Crippen molar-refractivity contribution in [3.63, 3.8) is 0 Å². The van der Waals surface area contributed by atoms with Crippen molar-refractivity contribution in [2.24, 2.45) is 11.6 Å². The van der Waals surface area contributed by atoms with Crippen LogP contribution >= 0.6 is 0 Å². The SMILES string of the molecule is [2H]C([2H])([2H])C([2H])(C)C([2H])([2H])C([2H])([2H])N.